The van der Waals surface area contributed by atoms with Gasteiger partial charge >= 0.3 is 0 Å². The summed E-state index contributed by atoms with van der Waals surface area (Å²) in [5.41, 5.74) is 3.86. The van der Waals surface area contributed by atoms with Crippen LogP contribution in [0.15, 0.2) is 61.0 Å². The Morgan fingerprint density at radius 1 is 1.21 bits per heavy atom. The number of fused-ring (bicyclic) bond motifs is 4. The Balaban J connectivity index is 1.36. The summed E-state index contributed by atoms with van der Waals surface area (Å²) in [6.07, 6.45) is 8.76. The maximum absolute atomic E-state index is 14.5. The lowest BCUT2D eigenvalue weighted by molar-refractivity contribution is 0.466. The van der Waals surface area contributed by atoms with Gasteiger partial charge in [0.25, 0.3) is 0 Å². The van der Waals surface area contributed by atoms with Crippen molar-refractivity contribution < 1.29 is 9.13 Å². The monoisotopic (exact) mass is 372 g/mol. The molecule has 0 saturated carbocycles. The van der Waals surface area contributed by atoms with Gasteiger partial charge in [0.05, 0.1) is 5.92 Å². The van der Waals surface area contributed by atoms with Crippen molar-refractivity contribution in [2.75, 3.05) is 5.32 Å². The summed E-state index contributed by atoms with van der Waals surface area (Å²) in [4.78, 5) is 8.65. The molecule has 28 heavy (non-hydrogen) atoms. The van der Waals surface area contributed by atoms with E-state index in [1.807, 2.05) is 18.2 Å². The summed E-state index contributed by atoms with van der Waals surface area (Å²) in [7, 11) is 0. The van der Waals surface area contributed by atoms with Gasteiger partial charge in [0, 0.05) is 47.4 Å². The Labute approximate surface area is 158 Å². The molecule has 8 heteroatoms. The van der Waals surface area contributed by atoms with Crippen LogP contribution >= 0.6 is 0 Å². The molecule has 1 N–H and O–H groups in total. The highest BCUT2D eigenvalue weighted by atomic mass is 19.1. The normalized spacial score (nSPS) is 16.3. The summed E-state index contributed by atoms with van der Waals surface area (Å²) >= 11 is 0. The van der Waals surface area contributed by atoms with E-state index in [0.717, 1.165) is 28.2 Å². The quantitative estimate of drug-likeness (QED) is 0.592. The van der Waals surface area contributed by atoms with Crippen LogP contribution in [0.1, 0.15) is 17.0 Å². The van der Waals surface area contributed by atoms with E-state index in [4.69, 9.17) is 4.74 Å². The van der Waals surface area contributed by atoms with Gasteiger partial charge in [-0.25, -0.2) is 9.37 Å². The van der Waals surface area contributed by atoms with Crippen LogP contribution in [0.3, 0.4) is 0 Å². The first-order valence-electron chi connectivity index (χ1n) is 8.83. The summed E-state index contributed by atoms with van der Waals surface area (Å²) in [5, 5.41) is 11.4. The second-order valence-electron chi connectivity index (χ2n) is 6.70. The summed E-state index contributed by atoms with van der Waals surface area (Å²) in [6.45, 7) is 0.280. The Morgan fingerprint density at radius 3 is 3.07 bits per heavy atom. The lowest BCUT2D eigenvalue weighted by atomic mass is 10.0. The number of pyridine rings is 1. The van der Waals surface area contributed by atoms with Gasteiger partial charge in [-0.15, -0.1) is 10.2 Å². The maximum Gasteiger partial charge on any atom is 0.210 e. The maximum atomic E-state index is 14.5. The van der Waals surface area contributed by atoms with E-state index < -0.39 is 0 Å². The van der Waals surface area contributed by atoms with Crippen LogP contribution in [-0.2, 0) is 6.54 Å². The van der Waals surface area contributed by atoms with Crippen molar-refractivity contribution in [1.82, 2.24) is 24.6 Å². The molecule has 0 saturated heterocycles. The number of rotatable bonds is 4. The zero-order valence-corrected chi connectivity index (χ0v) is 14.5. The Hall–Kier alpha value is -3.81. The first kappa shape index (κ1) is 15.3. The average Bonchev–Trinajstić information content (AvgIpc) is 3.14. The molecular formula is C20H13FN6O. The van der Waals surface area contributed by atoms with Crippen LogP contribution in [0.2, 0.25) is 0 Å². The zero-order chi connectivity index (χ0) is 18.7. The van der Waals surface area contributed by atoms with Crippen LogP contribution in [0, 0.1) is 5.82 Å². The molecule has 3 aromatic heterocycles. The van der Waals surface area contributed by atoms with Crippen molar-refractivity contribution in [2.45, 2.75) is 12.5 Å². The molecule has 1 aliphatic carbocycles. The molecule has 0 unspecified atom stereocenters. The Morgan fingerprint density at radius 2 is 2.18 bits per heavy atom. The second kappa shape index (κ2) is 5.59. The molecule has 1 aromatic carbocycles. The van der Waals surface area contributed by atoms with Crippen molar-refractivity contribution in [3.63, 3.8) is 0 Å². The smallest absolute Gasteiger partial charge is 0.210 e. The number of benzene rings is 1. The van der Waals surface area contributed by atoms with Crippen LogP contribution in [-0.4, -0.2) is 24.6 Å². The van der Waals surface area contributed by atoms with Crippen LogP contribution in [0.25, 0.3) is 16.8 Å². The highest BCUT2D eigenvalue weighted by molar-refractivity contribution is 5.77. The predicted molar refractivity (Wildman–Crippen MR) is 99.2 cm³/mol. The number of anilines is 1. The van der Waals surface area contributed by atoms with E-state index in [9.17, 15) is 4.39 Å². The van der Waals surface area contributed by atoms with Crippen LogP contribution in [0.5, 0.6) is 5.75 Å². The average molecular weight is 372 g/mol. The van der Waals surface area contributed by atoms with Crippen LogP contribution < -0.4 is 10.1 Å². The van der Waals surface area contributed by atoms with E-state index in [1.54, 1.807) is 35.4 Å². The van der Waals surface area contributed by atoms with E-state index >= 15 is 0 Å². The topological polar surface area (TPSA) is 77.2 Å². The van der Waals surface area contributed by atoms with E-state index in [1.165, 1.54) is 6.07 Å². The molecule has 6 rings (SSSR count). The number of hydrogen-bond acceptors (Lipinski definition) is 6. The van der Waals surface area contributed by atoms with Gasteiger partial charge in [0.1, 0.15) is 23.7 Å². The fourth-order valence-electron chi connectivity index (χ4n) is 3.64. The summed E-state index contributed by atoms with van der Waals surface area (Å²) in [6, 6.07) is 6.92. The third kappa shape index (κ3) is 2.21. The minimum absolute atomic E-state index is 0.110. The molecule has 136 valence electrons. The van der Waals surface area contributed by atoms with Gasteiger partial charge in [-0.3, -0.25) is 9.38 Å². The molecule has 7 nitrogen and oxygen atoms in total. The molecule has 0 amide bonds. The first-order valence-corrected chi connectivity index (χ1v) is 8.83. The lowest BCUT2D eigenvalue weighted by Crippen LogP contribution is -2.10. The number of ether oxygens (including phenoxy) is 1. The van der Waals surface area contributed by atoms with E-state index in [0.29, 0.717) is 17.2 Å². The second-order valence-corrected chi connectivity index (χ2v) is 6.70. The molecule has 0 fully saturated rings. The molecule has 1 aliphatic heterocycles. The highest BCUT2D eigenvalue weighted by Gasteiger charge is 2.41. The predicted octanol–water partition coefficient (Wildman–Crippen LogP) is 3.31. The van der Waals surface area contributed by atoms with E-state index in [2.05, 4.69) is 25.5 Å². The van der Waals surface area contributed by atoms with Gasteiger partial charge in [-0.1, -0.05) is 6.07 Å². The lowest BCUT2D eigenvalue weighted by Gasteiger charge is -2.13. The Kier molecular flexibility index (Phi) is 3.05. The van der Waals surface area contributed by atoms with Gasteiger partial charge in [-0.2, -0.15) is 0 Å². The van der Waals surface area contributed by atoms with E-state index in [-0.39, 0.29) is 18.3 Å². The number of nitrogens with zero attached hydrogens (tertiary/aromatic N) is 5. The molecule has 4 heterocycles. The molecule has 4 aromatic rings. The molecule has 0 radical (unpaired) electrons. The minimum Gasteiger partial charge on any atom is -0.461 e. The highest BCUT2D eigenvalue weighted by Crippen LogP contribution is 2.52. The first-order chi connectivity index (χ1) is 13.8. The number of nitrogens with one attached hydrogen (secondary N) is 1. The molecule has 0 spiro atoms. The number of halogens is 1. The summed E-state index contributed by atoms with van der Waals surface area (Å²) in [5.74, 6) is 2.02. The number of hydrogen-bond donors (Lipinski definition) is 1. The van der Waals surface area contributed by atoms with Gasteiger partial charge in [0.15, 0.2) is 5.65 Å². The SMILES string of the molecule is Fc1ccc2c(c1CNc1ncc(-c3cccnc3)c3nncn13)[C@H]1C=C1O2. The zero-order valence-electron chi connectivity index (χ0n) is 14.5. The molecular weight excluding hydrogens is 359 g/mol. The third-order valence-electron chi connectivity index (χ3n) is 5.06. The van der Waals surface area contributed by atoms with Crippen LogP contribution in [0.4, 0.5) is 10.3 Å². The van der Waals surface area contributed by atoms with Gasteiger partial charge in [-0.05, 0) is 24.3 Å². The fraction of sp³-hybridized carbons (Fsp3) is 0.100. The number of allylic oxidation sites excluding steroid dienone is 2. The van der Waals surface area contributed by atoms with Gasteiger partial charge in [0.2, 0.25) is 5.95 Å². The van der Waals surface area contributed by atoms with Crippen molar-refractivity contribution >= 4 is 11.6 Å². The largest absolute Gasteiger partial charge is 0.461 e. The summed E-state index contributed by atoms with van der Waals surface area (Å²) < 4.78 is 21.9. The molecule has 1 atom stereocenters. The standard InChI is InChI=1S/C20H13FN6O/c21-15-3-4-16-18(12-6-17(12)28-16)14(15)9-24-20-23-8-13(11-2-1-5-22-7-11)19-26-25-10-27(19)20/h1-8,10,12H,9H2,(H,23,24)/t12-/m0/s1. The van der Waals surface area contributed by atoms with Gasteiger partial charge < -0.3 is 10.1 Å². The minimum atomic E-state index is -0.261. The molecule has 0 bridgehead atoms. The number of aromatic nitrogens is 5. The Bertz CT molecular complexity index is 1270. The molecule has 2 aliphatic rings. The third-order valence-corrected chi connectivity index (χ3v) is 5.06. The fourth-order valence-corrected chi connectivity index (χ4v) is 3.64. The van der Waals surface area contributed by atoms with Crippen molar-refractivity contribution in [2.24, 2.45) is 0 Å². The van der Waals surface area contributed by atoms with Crippen molar-refractivity contribution in [1.29, 1.82) is 0 Å². The van der Waals surface area contributed by atoms with Crippen molar-refractivity contribution in [3.05, 3.63) is 78.0 Å². The van der Waals surface area contributed by atoms with Crippen molar-refractivity contribution in [3.8, 4) is 16.9 Å².